The molecule has 4 nitrogen and oxygen atoms in total. The van der Waals surface area contributed by atoms with Gasteiger partial charge in [0.05, 0.1) is 31.3 Å². The van der Waals surface area contributed by atoms with Crippen molar-refractivity contribution in [3.63, 3.8) is 0 Å². The average Bonchev–Trinajstić information content (AvgIpc) is 2.46. The average molecular weight is 274 g/mol. The van der Waals surface area contributed by atoms with Crippen molar-refractivity contribution in [1.82, 2.24) is 5.32 Å². The summed E-state index contributed by atoms with van der Waals surface area (Å²) in [6, 6.07) is 13.0. The van der Waals surface area contributed by atoms with Gasteiger partial charge in [0.1, 0.15) is 0 Å². The highest BCUT2D eigenvalue weighted by molar-refractivity contribution is 5.36. The summed E-state index contributed by atoms with van der Waals surface area (Å²) in [4.78, 5) is 0. The molecule has 0 heterocycles. The van der Waals surface area contributed by atoms with Gasteiger partial charge in [-0.3, -0.25) is 0 Å². The van der Waals surface area contributed by atoms with Crippen molar-refractivity contribution in [2.45, 2.75) is 24.3 Å². The highest BCUT2D eigenvalue weighted by atomic mass is 16.5. The molecule has 1 aromatic carbocycles. The van der Waals surface area contributed by atoms with Crippen LogP contribution in [0, 0.1) is 11.3 Å². The Morgan fingerprint density at radius 3 is 2.65 bits per heavy atom. The molecule has 1 N–H and O–H groups in total. The van der Waals surface area contributed by atoms with Crippen molar-refractivity contribution in [3.05, 3.63) is 35.9 Å². The van der Waals surface area contributed by atoms with Crippen LogP contribution in [-0.4, -0.2) is 39.5 Å². The SMILES string of the molecule is COCCOCCNC1CC(C#N)(c2ccccc2)C1. The smallest absolute Gasteiger partial charge is 0.0852 e. The molecule has 2 rings (SSSR count). The molecule has 1 aromatic rings. The first-order valence-electron chi connectivity index (χ1n) is 7.07. The van der Waals surface area contributed by atoms with E-state index in [-0.39, 0.29) is 5.41 Å². The first-order valence-corrected chi connectivity index (χ1v) is 7.07. The van der Waals surface area contributed by atoms with E-state index in [2.05, 4.69) is 11.4 Å². The third-order valence-corrected chi connectivity index (χ3v) is 3.84. The van der Waals surface area contributed by atoms with Crippen molar-refractivity contribution < 1.29 is 9.47 Å². The van der Waals surface area contributed by atoms with Gasteiger partial charge in [0.15, 0.2) is 0 Å². The van der Waals surface area contributed by atoms with Crippen molar-refractivity contribution in [3.8, 4) is 6.07 Å². The Morgan fingerprint density at radius 1 is 1.25 bits per heavy atom. The summed E-state index contributed by atoms with van der Waals surface area (Å²) in [6.07, 6.45) is 1.76. The van der Waals surface area contributed by atoms with E-state index in [9.17, 15) is 5.26 Å². The molecule has 1 fully saturated rings. The Kier molecular flexibility index (Phi) is 5.54. The number of hydrogen-bond acceptors (Lipinski definition) is 4. The van der Waals surface area contributed by atoms with Gasteiger partial charge in [0.2, 0.25) is 0 Å². The molecule has 0 aromatic heterocycles. The molecule has 4 heteroatoms. The maximum atomic E-state index is 9.46. The number of nitriles is 1. The lowest BCUT2D eigenvalue weighted by Crippen LogP contribution is -2.51. The van der Waals surface area contributed by atoms with Crippen LogP contribution in [0.1, 0.15) is 18.4 Å². The fraction of sp³-hybridized carbons (Fsp3) is 0.562. The fourth-order valence-electron chi connectivity index (χ4n) is 2.65. The second-order valence-electron chi connectivity index (χ2n) is 5.22. The predicted molar refractivity (Wildman–Crippen MR) is 77.5 cm³/mol. The molecule has 0 spiro atoms. The molecular formula is C16H22N2O2. The Hall–Kier alpha value is -1.41. The zero-order valence-corrected chi connectivity index (χ0v) is 12.0. The molecule has 108 valence electrons. The number of nitrogens with zero attached hydrogens (tertiary/aromatic N) is 1. The molecule has 1 saturated carbocycles. The van der Waals surface area contributed by atoms with E-state index in [1.165, 1.54) is 0 Å². The first-order chi connectivity index (χ1) is 9.80. The van der Waals surface area contributed by atoms with Gasteiger partial charge in [0, 0.05) is 19.7 Å². The van der Waals surface area contributed by atoms with Gasteiger partial charge in [-0.1, -0.05) is 30.3 Å². The van der Waals surface area contributed by atoms with Gasteiger partial charge in [-0.25, -0.2) is 0 Å². The van der Waals surface area contributed by atoms with E-state index in [0.29, 0.717) is 25.9 Å². The van der Waals surface area contributed by atoms with Gasteiger partial charge in [-0.15, -0.1) is 0 Å². The summed E-state index contributed by atoms with van der Waals surface area (Å²) >= 11 is 0. The number of benzene rings is 1. The Labute approximate surface area is 120 Å². The summed E-state index contributed by atoms with van der Waals surface area (Å²) in [5, 5.41) is 12.9. The third-order valence-electron chi connectivity index (χ3n) is 3.84. The van der Waals surface area contributed by atoms with Crippen LogP contribution in [-0.2, 0) is 14.9 Å². The molecule has 0 saturated heterocycles. The quantitative estimate of drug-likeness (QED) is 0.735. The number of rotatable bonds is 8. The zero-order valence-electron chi connectivity index (χ0n) is 12.0. The summed E-state index contributed by atoms with van der Waals surface area (Å²) in [5.41, 5.74) is 0.840. The lowest BCUT2D eigenvalue weighted by atomic mass is 9.62. The number of hydrogen-bond donors (Lipinski definition) is 1. The minimum absolute atomic E-state index is 0.296. The van der Waals surface area contributed by atoms with E-state index >= 15 is 0 Å². The predicted octanol–water partition coefficient (Wildman–Crippen LogP) is 1.86. The fourth-order valence-corrected chi connectivity index (χ4v) is 2.65. The van der Waals surface area contributed by atoms with E-state index in [0.717, 1.165) is 24.9 Å². The van der Waals surface area contributed by atoms with Crippen LogP contribution in [0.15, 0.2) is 30.3 Å². The van der Waals surface area contributed by atoms with E-state index in [1.807, 2.05) is 30.3 Å². The lowest BCUT2D eigenvalue weighted by Gasteiger charge is -2.43. The summed E-state index contributed by atoms with van der Waals surface area (Å²) < 4.78 is 10.3. The summed E-state index contributed by atoms with van der Waals surface area (Å²) in [7, 11) is 1.67. The molecule has 1 aliphatic rings. The maximum absolute atomic E-state index is 9.46. The highest BCUT2D eigenvalue weighted by Crippen LogP contribution is 2.43. The summed E-state index contributed by atoms with van der Waals surface area (Å²) in [5.74, 6) is 0. The van der Waals surface area contributed by atoms with Gasteiger partial charge in [0.25, 0.3) is 0 Å². The molecule has 20 heavy (non-hydrogen) atoms. The molecule has 0 atom stereocenters. The normalized spacial score (nSPS) is 24.9. The van der Waals surface area contributed by atoms with Crippen LogP contribution < -0.4 is 5.32 Å². The van der Waals surface area contributed by atoms with Gasteiger partial charge >= 0.3 is 0 Å². The monoisotopic (exact) mass is 274 g/mol. The van der Waals surface area contributed by atoms with Crippen LogP contribution in [0.3, 0.4) is 0 Å². The van der Waals surface area contributed by atoms with Crippen LogP contribution in [0.5, 0.6) is 0 Å². The highest BCUT2D eigenvalue weighted by Gasteiger charge is 2.45. The van der Waals surface area contributed by atoms with Crippen molar-refractivity contribution in [1.29, 1.82) is 5.26 Å². The standard InChI is InChI=1S/C16H22N2O2/c1-19-9-10-20-8-7-18-15-11-16(12-15,13-17)14-5-3-2-4-6-14/h2-6,15,18H,7-12H2,1H3. The Bertz CT molecular complexity index is 436. The van der Waals surface area contributed by atoms with Gasteiger partial charge in [-0.05, 0) is 18.4 Å². The topological polar surface area (TPSA) is 54.3 Å². The molecule has 0 aliphatic heterocycles. The maximum Gasteiger partial charge on any atom is 0.0852 e. The molecule has 0 bridgehead atoms. The first kappa shape index (κ1) is 15.0. The van der Waals surface area contributed by atoms with Crippen LogP contribution in [0.25, 0.3) is 0 Å². The van der Waals surface area contributed by atoms with E-state index in [4.69, 9.17) is 9.47 Å². The van der Waals surface area contributed by atoms with Crippen molar-refractivity contribution >= 4 is 0 Å². The Balaban J connectivity index is 1.69. The minimum Gasteiger partial charge on any atom is -0.382 e. The second kappa shape index (κ2) is 7.39. The molecule has 0 radical (unpaired) electrons. The minimum atomic E-state index is -0.296. The third kappa shape index (κ3) is 3.57. The van der Waals surface area contributed by atoms with Crippen molar-refractivity contribution in [2.24, 2.45) is 0 Å². The van der Waals surface area contributed by atoms with E-state index < -0.39 is 0 Å². The van der Waals surface area contributed by atoms with E-state index in [1.54, 1.807) is 7.11 Å². The Morgan fingerprint density at radius 2 is 2.00 bits per heavy atom. The van der Waals surface area contributed by atoms with Gasteiger partial charge < -0.3 is 14.8 Å². The molecule has 0 unspecified atom stereocenters. The molecule has 0 amide bonds. The number of methoxy groups -OCH3 is 1. The lowest BCUT2D eigenvalue weighted by molar-refractivity contribution is 0.0684. The summed E-state index contributed by atoms with van der Waals surface area (Å²) in [6.45, 7) is 2.78. The second-order valence-corrected chi connectivity index (χ2v) is 5.22. The largest absolute Gasteiger partial charge is 0.382 e. The number of nitrogens with one attached hydrogen (secondary N) is 1. The van der Waals surface area contributed by atoms with Gasteiger partial charge in [-0.2, -0.15) is 5.26 Å². The zero-order chi connectivity index (χ0) is 14.3. The molecule has 1 aliphatic carbocycles. The van der Waals surface area contributed by atoms with Crippen LogP contribution in [0.4, 0.5) is 0 Å². The molecular weight excluding hydrogens is 252 g/mol. The van der Waals surface area contributed by atoms with Crippen molar-refractivity contribution in [2.75, 3.05) is 33.5 Å². The number of ether oxygens (including phenoxy) is 2. The van der Waals surface area contributed by atoms with Crippen LogP contribution >= 0.6 is 0 Å². The van der Waals surface area contributed by atoms with Crippen LogP contribution in [0.2, 0.25) is 0 Å².